The van der Waals surface area contributed by atoms with E-state index in [2.05, 4.69) is 0 Å². The number of hydrogen-bond acceptors (Lipinski definition) is 12. The average molecular weight is 374 g/mol. The van der Waals surface area contributed by atoms with Gasteiger partial charge in [0, 0.05) is 0 Å². The van der Waals surface area contributed by atoms with E-state index in [1.54, 1.807) is 0 Å². The van der Waals surface area contributed by atoms with Crippen LogP contribution < -0.4 is 0 Å². The average Bonchev–Trinajstić information content (AvgIpc) is 2.23. The lowest BCUT2D eigenvalue weighted by Crippen LogP contribution is -2.41. The number of nitrogens with zero attached hydrogens (tertiary/aromatic N) is 4. The molecule has 0 heterocycles. The molecule has 0 saturated heterocycles. The molecule has 0 spiro atoms. The molecule has 1 atom stereocenters. The zero-order chi connectivity index (χ0) is 21.1. The third-order valence-electron chi connectivity index (χ3n) is 0.834. The summed E-state index contributed by atoms with van der Waals surface area (Å²) < 4.78 is 0. The highest BCUT2D eigenvalue weighted by Gasteiger charge is 2.27. The molecule has 20 heteroatoms. The summed E-state index contributed by atoms with van der Waals surface area (Å²) in [4.78, 5) is 33.4. The van der Waals surface area contributed by atoms with Crippen molar-refractivity contribution < 1.29 is 61.6 Å². The number of hydrogen-bond donors (Lipinski definition) is 8. The van der Waals surface area contributed by atoms with Gasteiger partial charge in [0.15, 0.2) is 0 Å². The van der Waals surface area contributed by atoms with Gasteiger partial charge in [-0.1, -0.05) is 6.92 Å². The summed E-state index contributed by atoms with van der Waals surface area (Å²) in [6.07, 6.45) is -1.38. The quantitative estimate of drug-likeness (QED) is 0.135. The van der Waals surface area contributed by atoms with Crippen LogP contribution in [0.4, 0.5) is 0 Å². The molecule has 0 radical (unpaired) electrons. The molecule has 0 saturated carbocycles. The predicted molar refractivity (Wildman–Crippen MR) is 60.8 cm³/mol. The van der Waals surface area contributed by atoms with Gasteiger partial charge in [-0.05, 0) is 6.42 Å². The molecule has 0 aliphatic rings. The lowest BCUT2D eigenvalue weighted by atomic mass is 10.2. The van der Waals surface area contributed by atoms with E-state index in [0.717, 1.165) is 0 Å². The van der Waals surface area contributed by atoms with Crippen LogP contribution in [0.3, 0.4) is 0 Å². The molecule has 0 aromatic carbocycles. The van der Waals surface area contributed by atoms with E-state index in [0.29, 0.717) is 0 Å². The fourth-order valence-corrected chi connectivity index (χ4v) is 0.274. The summed E-state index contributed by atoms with van der Waals surface area (Å²) in [6, 6.07) is 0. The van der Waals surface area contributed by atoms with E-state index in [-0.39, 0.29) is 6.42 Å². The molecule has 0 aromatic rings. The maximum absolute atomic E-state index is 8.44. The molecule has 0 aliphatic heterocycles. The van der Waals surface area contributed by atoms with Crippen molar-refractivity contribution in [1.29, 1.82) is 0 Å². The van der Waals surface area contributed by atoms with Gasteiger partial charge in [0.25, 0.3) is 20.3 Å². The Balaban J connectivity index is -0.0000000657. The first-order chi connectivity index (χ1) is 10.4. The summed E-state index contributed by atoms with van der Waals surface area (Å²) in [6.45, 7) is 1.52. The van der Waals surface area contributed by atoms with Crippen molar-refractivity contribution in [1.82, 2.24) is 0 Å². The van der Waals surface area contributed by atoms with E-state index in [4.69, 9.17) is 81.7 Å². The Labute approximate surface area is 129 Å². The van der Waals surface area contributed by atoms with Crippen LogP contribution >= 0.6 is 0 Å². The second kappa shape index (κ2) is 19.6. The molecule has 0 bridgehead atoms. The fraction of sp³-hybridized carbons (Fsp3) is 1.00. The minimum absolute atomic E-state index is 0.101. The van der Waals surface area contributed by atoms with Crippen molar-refractivity contribution in [2.24, 2.45) is 0 Å². The maximum atomic E-state index is 8.44. The molecule has 8 N–H and O–H groups in total. The van der Waals surface area contributed by atoms with Crippen molar-refractivity contribution in [3.63, 3.8) is 0 Å². The normalized spacial score (nSPS) is 9.38. The maximum Gasteiger partial charge on any atom is 0.302 e. The smallest absolute Gasteiger partial charge is 0.302 e. The Bertz CT molecular complexity index is 286. The van der Waals surface area contributed by atoms with Gasteiger partial charge in [-0.3, -0.25) is 0 Å². The van der Waals surface area contributed by atoms with Crippen LogP contribution in [0.15, 0.2) is 0 Å². The Morgan fingerprint density at radius 1 is 0.750 bits per heavy atom. The molecule has 0 aromatic heterocycles. The first kappa shape index (κ1) is 32.5. The molecule has 20 nitrogen and oxygen atoms in total. The molecule has 0 amide bonds. The standard InChI is InChI=1S/C4H10O4.4HNO3/c1-2-3(5)4(6,7)8;4*2-1(3)4/h3,5-8H,2H2,1H3;4*(H,2,3,4). The van der Waals surface area contributed by atoms with Gasteiger partial charge in [0.1, 0.15) is 6.10 Å². The van der Waals surface area contributed by atoms with Gasteiger partial charge in [-0.25, -0.2) is 0 Å². The Morgan fingerprint density at radius 3 is 0.875 bits per heavy atom. The highest BCUT2D eigenvalue weighted by molar-refractivity contribution is 4.58. The summed E-state index contributed by atoms with van der Waals surface area (Å²) in [5, 5.41) is 87.4. The van der Waals surface area contributed by atoms with Crippen LogP contribution in [0.25, 0.3) is 0 Å². The molecule has 0 fully saturated rings. The third-order valence-corrected chi connectivity index (χ3v) is 0.834. The van der Waals surface area contributed by atoms with E-state index >= 15 is 0 Å². The topological polar surface area (TPSA) is 334 Å². The zero-order valence-electron chi connectivity index (χ0n) is 11.4. The molecule has 1 unspecified atom stereocenters. The van der Waals surface area contributed by atoms with E-state index in [1.807, 2.05) is 0 Å². The second-order valence-electron chi connectivity index (χ2n) is 2.56. The van der Waals surface area contributed by atoms with E-state index in [1.165, 1.54) is 6.92 Å². The molecule has 24 heavy (non-hydrogen) atoms. The van der Waals surface area contributed by atoms with Crippen LogP contribution in [-0.4, -0.2) is 73.7 Å². The number of rotatable bonds is 2. The molecular formula is C4H14N4O16. The molecule has 0 aliphatic carbocycles. The summed E-state index contributed by atoms with van der Waals surface area (Å²) >= 11 is 0. The number of aliphatic hydroxyl groups excluding tert-OH is 1. The van der Waals surface area contributed by atoms with Crippen LogP contribution in [0.2, 0.25) is 0 Å². The minimum Gasteiger partial charge on any atom is -0.385 e. The Hall–Kier alpha value is -3.36. The largest absolute Gasteiger partial charge is 0.385 e. The van der Waals surface area contributed by atoms with E-state index in [9.17, 15) is 0 Å². The Morgan fingerprint density at radius 2 is 0.875 bits per heavy atom. The first-order valence-corrected chi connectivity index (χ1v) is 4.59. The van der Waals surface area contributed by atoms with Gasteiger partial charge in [-0.15, -0.1) is 40.5 Å². The highest BCUT2D eigenvalue weighted by Crippen LogP contribution is 2.03. The third kappa shape index (κ3) is 269. The molecule has 0 rings (SSSR count). The minimum atomic E-state index is -2.94. The van der Waals surface area contributed by atoms with Gasteiger partial charge in [-0.2, -0.15) is 0 Å². The van der Waals surface area contributed by atoms with Crippen LogP contribution in [0.5, 0.6) is 0 Å². The van der Waals surface area contributed by atoms with Crippen molar-refractivity contribution in [3.8, 4) is 0 Å². The van der Waals surface area contributed by atoms with Crippen LogP contribution in [0, 0.1) is 40.5 Å². The molecule has 146 valence electrons. The predicted octanol–water partition coefficient (Wildman–Crippen LogP) is -3.00. The lowest BCUT2D eigenvalue weighted by molar-refractivity contribution is -0.742. The monoisotopic (exact) mass is 374 g/mol. The van der Waals surface area contributed by atoms with Crippen molar-refractivity contribution in [3.05, 3.63) is 40.5 Å². The van der Waals surface area contributed by atoms with E-state index < -0.39 is 32.4 Å². The lowest BCUT2D eigenvalue weighted by Gasteiger charge is -2.18. The molecular weight excluding hydrogens is 360 g/mol. The van der Waals surface area contributed by atoms with Gasteiger partial charge in [0.05, 0.1) is 0 Å². The van der Waals surface area contributed by atoms with Crippen LogP contribution in [-0.2, 0) is 0 Å². The van der Waals surface area contributed by atoms with Crippen molar-refractivity contribution >= 4 is 0 Å². The highest BCUT2D eigenvalue weighted by atomic mass is 16.9. The van der Waals surface area contributed by atoms with Gasteiger partial charge < -0.3 is 41.3 Å². The summed E-state index contributed by atoms with van der Waals surface area (Å²) in [7, 11) is 0. The fourth-order valence-electron chi connectivity index (χ4n) is 0.274. The summed E-state index contributed by atoms with van der Waals surface area (Å²) in [5.41, 5.74) is 0. The second-order valence-corrected chi connectivity index (χ2v) is 2.56. The van der Waals surface area contributed by atoms with Crippen molar-refractivity contribution in [2.45, 2.75) is 25.4 Å². The van der Waals surface area contributed by atoms with Crippen molar-refractivity contribution in [2.75, 3.05) is 0 Å². The first-order valence-electron chi connectivity index (χ1n) is 4.59. The number of aliphatic hydroxyl groups is 4. The van der Waals surface area contributed by atoms with Gasteiger partial charge >= 0.3 is 5.97 Å². The zero-order valence-corrected chi connectivity index (χ0v) is 11.4. The summed E-state index contributed by atoms with van der Waals surface area (Å²) in [5.74, 6) is -2.94. The Kier molecular flexibility index (Phi) is 26.6. The van der Waals surface area contributed by atoms with Crippen LogP contribution in [0.1, 0.15) is 13.3 Å². The SMILES string of the molecule is CCC(O)C(O)(O)O.O=[N+]([O-])O.O=[N+]([O-])O.O=[N+]([O-])O.O=[N+]([O-])O. The van der Waals surface area contributed by atoms with Gasteiger partial charge in [0.2, 0.25) is 0 Å².